The topological polar surface area (TPSA) is 54.8 Å². The van der Waals surface area contributed by atoms with Gasteiger partial charge in [-0.1, -0.05) is 39.0 Å². The minimum absolute atomic E-state index is 0.0186. The Hall–Kier alpha value is -2.76. The van der Waals surface area contributed by atoms with Crippen molar-refractivity contribution < 1.29 is 14.3 Å². The highest BCUT2D eigenvalue weighted by Gasteiger charge is 2.35. The van der Waals surface area contributed by atoms with Crippen LogP contribution in [0.1, 0.15) is 58.3 Å². The number of nitrogens with zero attached hydrogens (tertiary/aromatic N) is 3. The maximum atomic E-state index is 13.6. The van der Waals surface area contributed by atoms with Gasteiger partial charge in [0, 0.05) is 43.0 Å². The number of amides is 2. The zero-order chi connectivity index (χ0) is 22.8. The average Bonchev–Trinajstić information content (AvgIpc) is 3.18. The highest BCUT2D eigenvalue weighted by Crippen LogP contribution is 2.37. The molecule has 1 aliphatic heterocycles. The number of fused-ring (bicyclic) bond motifs is 1. The molecule has 0 fully saturated rings. The third kappa shape index (κ3) is 5.12. The van der Waals surface area contributed by atoms with Gasteiger partial charge in [-0.05, 0) is 37.5 Å². The molecule has 168 valence electrons. The Kier molecular flexibility index (Phi) is 6.77. The summed E-state index contributed by atoms with van der Waals surface area (Å²) in [5.74, 6) is 0.730. The van der Waals surface area contributed by atoms with Gasteiger partial charge in [-0.3, -0.25) is 9.59 Å². The molecule has 1 aromatic carbocycles. The molecule has 0 saturated carbocycles. The van der Waals surface area contributed by atoms with E-state index in [4.69, 9.17) is 4.74 Å². The summed E-state index contributed by atoms with van der Waals surface area (Å²) in [5, 5.41) is 0. The SMILES string of the molecule is COc1ccccc1C1c2cccn2CCN1C(=O)CN(C(=O)CC(C)(C)C)C(C)C. The lowest BCUT2D eigenvalue weighted by atomic mass is 9.91. The van der Waals surface area contributed by atoms with Crippen molar-refractivity contribution >= 4 is 11.8 Å². The zero-order valence-electron chi connectivity index (χ0n) is 19.6. The van der Waals surface area contributed by atoms with E-state index in [1.807, 2.05) is 76.0 Å². The summed E-state index contributed by atoms with van der Waals surface area (Å²) in [6.07, 6.45) is 2.46. The molecule has 1 aliphatic rings. The summed E-state index contributed by atoms with van der Waals surface area (Å²) in [4.78, 5) is 30.1. The lowest BCUT2D eigenvalue weighted by Crippen LogP contribution is -2.50. The third-order valence-corrected chi connectivity index (χ3v) is 5.72. The van der Waals surface area contributed by atoms with E-state index in [1.54, 1.807) is 12.0 Å². The van der Waals surface area contributed by atoms with Crippen LogP contribution in [0.4, 0.5) is 0 Å². The van der Waals surface area contributed by atoms with Crippen LogP contribution in [0.15, 0.2) is 42.6 Å². The van der Waals surface area contributed by atoms with Gasteiger partial charge in [0.2, 0.25) is 11.8 Å². The van der Waals surface area contributed by atoms with Gasteiger partial charge < -0.3 is 19.1 Å². The van der Waals surface area contributed by atoms with E-state index < -0.39 is 0 Å². The average molecular weight is 426 g/mol. The number of hydrogen-bond acceptors (Lipinski definition) is 3. The van der Waals surface area contributed by atoms with Gasteiger partial charge in [-0.15, -0.1) is 0 Å². The smallest absolute Gasteiger partial charge is 0.243 e. The molecule has 31 heavy (non-hydrogen) atoms. The molecule has 2 amide bonds. The molecule has 0 bridgehead atoms. The maximum Gasteiger partial charge on any atom is 0.243 e. The van der Waals surface area contributed by atoms with Gasteiger partial charge in [0.15, 0.2) is 0 Å². The van der Waals surface area contributed by atoms with E-state index in [1.165, 1.54) is 0 Å². The summed E-state index contributed by atoms with van der Waals surface area (Å²) in [6, 6.07) is 11.6. The number of aromatic nitrogens is 1. The highest BCUT2D eigenvalue weighted by molar-refractivity contribution is 5.86. The van der Waals surface area contributed by atoms with Crippen molar-refractivity contribution in [3.63, 3.8) is 0 Å². The van der Waals surface area contributed by atoms with Crippen molar-refractivity contribution in [2.45, 2.75) is 59.7 Å². The zero-order valence-corrected chi connectivity index (χ0v) is 19.6. The van der Waals surface area contributed by atoms with E-state index in [9.17, 15) is 9.59 Å². The Balaban J connectivity index is 1.92. The molecule has 0 spiro atoms. The second kappa shape index (κ2) is 9.16. The van der Waals surface area contributed by atoms with Crippen LogP contribution in [0.5, 0.6) is 5.75 Å². The van der Waals surface area contributed by atoms with Crippen LogP contribution in [0, 0.1) is 5.41 Å². The Morgan fingerprint density at radius 3 is 2.48 bits per heavy atom. The minimum Gasteiger partial charge on any atom is -0.496 e. The van der Waals surface area contributed by atoms with Crippen molar-refractivity contribution in [1.82, 2.24) is 14.4 Å². The monoisotopic (exact) mass is 425 g/mol. The van der Waals surface area contributed by atoms with Crippen LogP contribution in [-0.2, 0) is 16.1 Å². The molecule has 1 atom stereocenters. The first kappa shape index (κ1) is 22.9. The molecule has 0 aliphatic carbocycles. The Morgan fingerprint density at radius 2 is 1.84 bits per heavy atom. The number of rotatable bonds is 6. The number of hydrogen-bond donors (Lipinski definition) is 0. The van der Waals surface area contributed by atoms with Crippen LogP contribution in [0.2, 0.25) is 0 Å². The summed E-state index contributed by atoms with van der Waals surface area (Å²) in [6.45, 7) is 11.5. The summed E-state index contributed by atoms with van der Waals surface area (Å²) < 4.78 is 7.81. The number of carbonyl (C=O) groups excluding carboxylic acids is 2. The maximum absolute atomic E-state index is 13.6. The molecule has 1 aromatic heterocycles. The number of methoxy groups -OCH3 is 1. The first-order valence-corrected chi connectivity index (χ1v) is 11.0. The largest absolute Gasteiger partial charge is 0.496 e. The molecule has 3 rings (SSSR count). The lowest BCUT2D eigenvalue weighted by molar-refractivity contribution is -0.144. The predicted octanol–water partition coefficient (Wildman–Crippen LogP) is 4.10. The van der Waals surface area contributed by atoms with E-state index in [2.05, 4.69) is 10.6 Å². The molecule has 0 radical (unpaired) electrons. The van der Waals surface area contributed by atoms with Crippen LogP contribution in [0.25, 0.3) is 0 Å². The van der Waals surface area contributed by atoms with E-state index >= 15 is 0 Å². The molecule has 0 saturated heterocycles. The summed E-state index contributed by atoms with van der Waals surface area (Å²) in [7, 11) is 1.65. The molecular formula is C25H35N3O3. The van der Waals surface area contributed by atoms with E-state index in [0.29, 0.717) is 13.0 Å². The number of ether oxygens (including phenoxy) is 1. The normalized spacial score (nSPS) is 16.2. The van der Waals surface area contributed by atoms with Crippen LogP contribution >= 0.6 is 0 Å². The second-order valence-electron chi connectivity index (χ2n) is 9.71. The number of benzene rings is 1. The summed E-state index contributed by atoms with van der Waals surface area (Å²) >= 11 is 0. The second-order valence-corrected chi connectivity index (χ2v) is 9.71. The standard InChI is InChI=1S/C25H35N3O3/c1-18(2)28(22(29)16-25(3,4)5)17-23(30)27-15-14-26-13-9-11-20(26)24(27)19-10-7-8-12-21(19)31-6/h7-13,18,24H,14-17H2,1-6H3. The highest BCUT2D eigenvalue weighted by atomic mass is 16.5. The predicted molar refractivity (Wildman–Crippen MR) is 122 cm³/mol. The van der Waals surface area contributed by atoms with Crippen LogP contribution < -0.4 is 4.74 Å². The van der Waals surface area contributed by atoms with Gasteiger partial charge in [0.25, 0.3) is 0 Å². The molecular weight excluding hydrogens is 390 g/mol. The number of carbonyl (C=O) groups is 2. The third-order valence-electron chi connectivity index (χ3n) is 5.72. The minimum atomic E-state index is -0.251. The van der Waals surface area contributed by atoms with Crippen LogP contribution in [-0.4, -0.2) is 52.4 Å². The molecule has 0 N–H and O–H groups in total. The molecule has 6 nitrogen and oxygen atoms in total. The first-order chi connectivity index (χ1) is 14.6. The quantitative estimate of drug-likeness (QED) is 0.700. The van der Waals surface area contributed by atoms with Gasteiger partial charge in [-0.2, -0.15) is 0 Å². The van der Waals surface area contributed by atoms with Crippen molar-refractivity contribution in [2.75, 3.05) is 20.2 Å². The van der Waals surface area contributed by atoms with Gasteiger partial charge >= 0.3 is 0 Å². The molecule has 6 heteroatoms. The van der Waals surface area contributed by atoms with Gasteiger partial charge in [0.05, 0.1) is 7.11 Å². The Labute approximate surface area is 185 Å². The lowest BCUT2D eigenvalue weighted by Gasteiger charge is -2.39. The molecule has 2 heterocycles. The van der Waals surface area contributed by atoms with Gasteiger partial charge in [0.1, 0.15) is 18.3 Å². The fourth-order valence-electron chi connectivity index (χ4n) is 4.22. The summed E-state index contributed by atoms with van der Waals surface area (Å²) in [5.41, 5.74) is 1.88. The van der Waals surface area contributed by atoms with Crippen molar-refractivity contribution in [3.05, 3.63) is 53.9 Å². The molecule has 2 aromatic rings. The Morgan fingerprint density at radius 1 is 1.13 bits per heavy atom. The van der Waals surface area contributed by atoms with E-state index in [-0.39, 0.29) is 35.9 Å². The van der Waals surface area contributed by atoms with Crippen molar-refractivity contribution in [2.24, 2.45) is 5.41 Å². The van der Waals surface area contributed by atoms with Gasteiger partial charge in [-0.25, -0.2) is 0 Å². The number of para-hydroxylation sites is 1. The first-order valence-electron chi connectivity index (χ1n) is 11.0. The van der Waals surface area contributed by atoms with Crippen molar-refractivity contribution in [3.8, 4) is 5.75 Å². The van der Waals surface area contributed by atoms with Crippen molar-refractivity contribution in [1.29, 1.82) is 0 Å². The fraction of sp³-hybridized carbons (Fsp3) is 0.520. The van der Waals surface area contributed by atoms with E-state index in [0.717, 1.165) is 23.6 Å². The molecule has 1 unspecified atom stereocenters. The Bertz CT molecular complexity index is 926. The van der Waals surface area contributed by atoms with Crippen LogP contribution in [0.3, 0.4) is 0 Å². The fourth-order valence-corrected chi connectivity index (χ4v) is 4.22.